The smallest absolute Gasteiger partial charge is 0.134 e. The number of anilines is 1. The average Bonchev–Trinajstić information content (AvgIpc) is 2.76. The lowest BCUT2D eigenvalue weighted by Gasteiger charge is -2.31. The molecule has 0 fully saturated rings. The van der Waals surface area contributed by atoms with Crippen molar-refractivity contribution >= 4 is 38.8 Å². The van der Waals surface area contributed by atoms with Crippen molar-refractivity contribution in [2.75, 3.05) is 11.2 Å². The van der Waals surface area contributed by atoms with Crippen molar-refractivity contribution in [3.63, 3.8) is 0 Å². The first kappa shape index (κ1) is 13.6. The summed E-state index contributed by atoms with van der Waals surface area (Å²) in [5.74, 6) is 1.63. The molecule has 1 atom stereocenters. The van der Waals surface area contributed by atoms with Gasteiger partial charge in [0.25, 0.3) is 0 Å². The monoisotopic (exact) mass is 282 g/mol. The minimum Gasteiger partial charge on any atom is -0.366 e. The molecular weight excluding hydrogens is 264 g/mol. The van der Waals surface area contributed by atoms with Gasteiger partial charge in [0.2, 0.25) is 0 Å². The first-order valence-electron chi connectivity index (χ1n) is 6.17. The van der Waals surface area contributed by atoms with Crippen molar-refractivity contribution < 1.29 is 0 Å². The van der Waals surface area contributed by atoms with Gasteiger partial charge in [-0.1, -0.05) is 20.8 Å². The molecule has 98 valence electrons. The van der Waals surface area contributed by atoms with E-state index in [2.05, 4.69) is 48.6 Å². The van der Waals surface area contributed by atoms with Gasteiger partial charge in [0.15, 0.2) is 0 Å². The Hall–Kier alpha value is -0.800. The van der Waals surface area contributed by atoms with Crippen LogP contribution in [0, 0.1) is 5.41 Å². The molecule has 0 saturated carbocycles. The first-order valence-corrected chi connectivity index (χ1v) is 7.58. The largest absolute Gasteiger partial charge is 0.366 e. The van der Waals surface area contributed by atoms with Crippen molar-refractivity contribution in [2.24, 2.45) is 5.41 Å². The van der Waals surface area contributed by atoms with Crippen LogP contribution in [0.4, 0.5) is 5.82 Å². The minimum absolute atomic E-state index is 0.161. The predicted octanol–water partition coefficient (Wildman–Crippen LogP) is 4.75. The zero-order valence-electron chi connectivity index (χ0n) is 11.0. The average molecular weight is 283 g/mol. The Morgan fingerprint density at radius 2 is 2.17 bits per heavy atom. The Labute approximate surface area is 117 Å². The zero-order chi connectivity index (χ0) is 13.2. The van der Waals surface area contributed by atoms with Gasteiger partial charge in [-0.05, 0) is 29.3 Å². The second kappa shape index (κ2) is 5.45. The second-order valence-electron chi connectivity index (χ2n) is 5.53. The number of thiophene rings is 1. The van der Waals surface area contributed by atoms with Crippen molar-refractivity contribution in [3.05, 3.63) is 23.7 Å². The summed E-state index contributed by atoms with van der Waals surface area (Å²) in [7, 11) is 0. The maximum absolute atomic E-state index is 5.91. The molecule has 1 N–H and O–H groups in total. The third-order valence-corrected chi connectivity index (χ3v) is 4.23. The third kappa shape index (κ3) is 2.96. The van der Waals surface area contributed by atoms with Gasteiger partial charge in [-0.3, -0.25) is 0 Å². The minimum atomic E-state index is 0.161. The van der Waals surface area contributed by atoms with Crippen molar-refractivity contribution in [3.8, 4) is 0 Å². The number of alkyl halides is 1. The number of fused-ring (bicyclic) bond motifs is 1. The number of nitrogens with zero attached hydrogens (tertiary/aromatic N) is 1. The fourth-order valence-corrected chi connectivity index (χ4v) is 3.01. The summed E-state index contributed by atoms with van der Waals surface area (Å²) in [6, 6.07) is 4.50. The molecule has 2 nitrogen and oxygen atoms in total. The van der Waals surface area contributed by atoms with E-state index in [1.807, 2.05) is 6.20 Å². The van der Waals surface area contributed by atoms with E-state index in [0.717, 1.165) is 12.2 Å². The fourth-order valence-electron chi connectivity index (χ4n) is 2.01. The van der Waals surface area contributed by atoms with Gasteiger partial charge in [0, 0.05) is 28.2 Å². The molecule has 0 spiro atoms. The Bertz CT molecular complexity index is 516. The Kier molecular flexibility index (Phi) is 4.13. The molecule has 0 radical (unpaired) electrons. The van der Waals surface area contributed by atoms with Crippen LogP contribution in [0.25, 0.3) is 10.1 Å². The van der Waals surface area contributed by atoms with Gasteiger partial charge in [0.05, 0.1) is 0 Å². The van der Waals surface area contributed by atoms with Gasteiger partial charge in [-0.25, -0.2) is 4.98 Å². The maximum Gasteiger partial charge on any atom is 0.134 e. The molecule has 0 aliphatic rings. The van der Waals surface area contributed by atoms with Gasteiger partial charge < -0.3 is 5.32 Å². The van der Waals surface area contributed by atoms with E-state index in [0.29, 0.717) is 11.9 Å². The summed E-state index contributed by atoms with van der Waals surface area (Å²) in [6.07, 6.45) is 2.80. The van der Waals surface area contributed by atoms with Gasteiger partial charge in [-0.2, -0.15) is 0 Å². The molecule has 2 rings (SSSR count). The number of halogens is 1. The molecule has 1 unspecified atom stereocenters. The lowest BCUT2D eigenvalue weighted by atomic mass is 9.85. The third-order valence-electron chi connectivity index (χ3n) is 3.13. The van der Waals surface area contributed by atoms with Gasteiger partial charge in [0.1, 0.15) is 5.82 Å². The Morgan fingerprint density at radius 3 is 2.83 bits per heavy atom. The molecule has 2 heterocycles. The van der Waals surface area contributed by atoms with Crippen LogP contribution in [0.5, 0.6) is 0 Å². The molecule has 0 aromatic carbocycles. The molecule has 4 heteroatoms. The highest BCUT2D eigenvalue weighted by Crippen LogP contribution is 2.30. The molecular formula is C14H19ClN2S. The van der Waals surface area contributed by atoms with Crippen LogP contribution in [0.3, 0.4) is 0 Å². The van der Waals surface area contributed by atoms with E-state index in [1.54, 1.807) is 11.3 Å². The van der Waals surface area contributed by atoms with Crippen LogP contribution in [0.1, 0.15) is 27.2 Å². The topological polar surface area (TPSA) is 24.9 Å². The highest BCUT2D eigenvalue weighted by Gasteiger charge is 2.24. The molecule has 0 amide bonds. The number of nitrogens with one attached hydrogen (secondary N) is 1. The lowest BCUT2D eigenvalue weighted by molar-refractivity contribution is 0.334. The number of hydrogen-bond acceptors (Lipinski definition) is 3. The lowest BCUT2D eigenvalue weighted by Crippen LogP contribution is -2.34. The molecule has 2 aromatic rings. The number of hydrogen-bond donors (Lipinski definition) is 1. The number of pyridine rings is 1. The summed E-state index contributed by atoms with van der Waals surface area (Å²) in [5, 5.41) is 6.86. The van der Waals surface area contributed by atoms with Crippen LogP contribution in [-0.2, 0) is 0 Å². The zero-order valence-corrected chi connectivity index (χ0v) is 12.6. The summed E-state index contributed by atoms with van der Waals surface area (Å²) in [5.41, 5.74) is 0.161. The highest BCUT2D eigenvalue weighted by atomic mass is 35.5. The SMILES string of the molecule is CC(C)(C)C(CCCl)Nc1nccc2sccc12. The van der Waals surface area contributed by atoms with Crippen molar-refractivity contribution in [1.82, 2.24) is 4.98 Å². The fraction of sp³-hybridized carbons (Fsp3) is 0.500. The maximum atomic E-state index is 5.91. The normalized spacial score (nSPS) is 13.8. The summed E-state index contributed by atoms with van der Waals surface area (Å²) >= 11 is 7.65. The predicted molar refractivity (Wildman–Crippen MR) is 81.8 cm³/mol. The summed E-state index contributed by atoms with van der Waals surface area (Å²) in [6.45, 7) is 6.68. The number of rotatable bonds is 4. The molecule has 0 aliphatic heterocycles. The Balaban J connectivity index is 2.28. The van der Waals surface area contributed by atoms with E-state index in [4.69, 9.17) is 11.6 Å². The van der Waals surface area contributed by atoms with Crippen LogP contribution in [-0.4, -0.2) is 16.9 Å². The van der Waals surface area contributed by atoms with Crippen LogP contribution < -0.4 is 5.32 Å². The van der Waals surface area contributed by atoms with E-state index in [1.165, 1.54) is 10.1 Å². The summed E-state index contributed by atoms with van der Waals surface area (Å²) < 4.78 is 1.27. The van der Waals surface area contributed by atoms with E-state index in [-0.39, 0.29) is 5.41 Å². The van der Waals surface area contributed by atoms with Crippen LogP contribution in [0.2, 0.25) is 0 Å². The highest BCUT2D eigenvalue weighted by molar-refractivity contribution is 7.17. The van der Waals surface area contributed by atoms with E-state index >= 15 is 0 Å². The quantitative estimate of drug-likeness (QED) is 0.819. The molecule has 18 heavy (non-hydrogen) atoms. The van der Waals surface area contributed by atoms with Crippen LogP contribution in [0.15, 0.2) is 23.7 Å². The second-order valence-corrected chi connectivity index (χ2v) is 6.86. The van der Waals surface area contributed by atoms with E-state index < -0.39 is 0 Å². The Morgan fingerprint density at radius 1 is 1.39 bits per heavy atom. The van der Waals surface area contributed by atoms with Crippen LogP contribution >= 0.6 is 22.9 Å². The molecule has 2 aromatic heterocycles. The van der Waals surface area contributed by atoms with E-state index in [9.17, 15) is 0 Å². The molecule has 0 bridgehead atoms. The van der Waals surface area contributed by atoms with Gasteiger partial charge in [-0.15, -0.1) is 22.9 Å². The van der Waals surface area contributed by atoms with Crippen molar-refractivity contribution in [1.29, 1.82) is 0 Å². The molecule has 0 aliphatic carbocycles. The van der Waals surface area contributed by atoms with Crippen molar-refractivity contribution in [2.45, 2.75) is 33.2 Å². The summed E-state index contributed by atoms with van der Waals surface area (Å²) in [4.78, 5) is 4.47. The standard InChI is InChI=1S/C14H19ClN2S/c1-14(2,3)12(4-7-15)17-13-10-6-9-18-11(10)5-8-16-13/h5-6,8-9,12H,4,7H2,1-3H3,(H,16,17). The van der Waals surface area contributed by atoms with Gasteiger partial charge >= 0.3 is 0 Å². The number of aromatic nitrogens is 1. The first-order chi connectivity index (χ1) is 8.52. The molecule has 0 saturated heterocycles.